The highest BCUT2D eigenvalue weighted by Crippen LogP contribution is 2.32. The Balaban J connectivity index is 1.52. The van der Waals surface area contributed by atoms with Crippen molar-refractivity contribution >= 4 is 18.0 Å². The average Bonchev–Trinajstić information content (AvgIpc) is 3.19. The molecule has 112 valence electrons. The molecule has 0 aromatic carbocycles. The lowest BCUT2D eigenvalue weighted by Crippen LogP contribution is -2.50. The molecular weight excluding hydrogens is 264 g/mol. The summed E-state index contributed by atoms with van der Waals surface area (Å²) < 4.78 is 0. The second-order valence-electron chi connectivity index (χ2n) is 6.56. The van der Waals surface area contributed by atoms with Gasteiger partial charge in [-0.1, -0.05) is 25.0 Å². The Hall–Kier alpha value is -1.65. The van der Waals surface area contributed by atoms with Crippen molar-refractivity contribution < 1.29 is 4.79 Å². The first-order chi connectivity index (χ1) is 10.3. The number of fused-ring (bicyclic) bond motifs is 1. The number of hydrogen-bond acceptors (Lipinski definition) is 4. The molecule has 2 aliphatic carbocycles. The Morgan fingerprint density at radius 2 is 2.14 bits per heavy atom. The van der Waals surface area contributed by atoms with E-state index in [-0.39, 0.29) is 18.0 Å². The summed E-state index contributed by atoms with van der Waals surface area (Å²) in [6.45, 7) is 0. The van der Waals surface area contributed by atoms with Gasteiger partial charge in [-0.25, -0.2) is 4.99 Å². The Labute approximate surface area is 125 Å². The number of amides is 1. The van der Waals surface area contributed by atoms with Crippen molar-refractivity contribution in [3.63, 3.8) is 0 Å². The molecule has 0 spiro atoms. The SMILES string of the molecule is O=C1NC(CC2C=CCC2)=NC2C1C=NN2C1CCCC1. The molecule has 1 saturated carbocycles. The van der Waals surface area contributed by atoms with E-state index in [2.05, 4.69) is 27.6 Å². The molecule has 0 saturated heterocycles. The zero-order valence-electron chi connectivity index (χ0n) is 12.2. The molecule has 1 N–H and O–H groups in total. The molecule has 0 bridgehead atoms. The third kappa shape index (κ3) is 2.39. The Bertz CT molecular complexity index is 518. The van der Waals surface area contributed by atoms with Crippen LogP contribution in [0.4, 0.5) is 0 Å². The number of carbonyl (C=O) groups is 1. The lowest BCUT2D eigenvalue weighted by atomic mass is 10.0. The largest absolute Gasteiger partial charge is 0.314 e. The van der Waals surface area contributed by atoms with Crippen molar-refractivity contribution in [1.29, 1.82) is 0 Å². The maximum Gasteiger partial charge on any atom is 0.238 e. The molecule has 0 aromatic heterocycles. The molecule has 1 amide bonds. The predicted octanol–water partition coefficient (Wildman–Crippen LogP) is 2.06. The smallest absolute Gasteiger partial charge is 0.238 e. The van der Waals surface area contributed by atoms with Crippen LogP contribution in [0.3, 0.4) is 0 Å². The van der Waals surface area contributed by atoms with E-state index in [1.807, 2.05) is 0 Å². The molecule has 5 nitrogen and oxygen atoms in total. The van der Waals surface area contributed by atoms with Crippen molar-refractivity contribution in [3.05, 3.63) is 12.2 Å². The molecule has 2 heterocycles. The van der Waals surface area contributed by atoms with Crippen LogP contribution < -0.4 is 5.32 Å². The van der Waals surface area contributed by atoms with Crippen molar-refractivity contribution in [2.75, 3.05) is 0 Å². The van der Waals surface area contributed by atoms with Gasteiger partial charge in [-0.3, -0.25) is 9.80 Å². The van der Waals surface area contributed by atoms with Gasteiger partial charge in [0.25, 0.3) is 0 Å². The second kappa shape index (κ2) is 5.28. The van der Waals surface area contributed by atoms with Crippen LogP contribution in [0.25, 0.3) is 0 Å². The summed E-state index contributed by atoms with van der Waals surface area (Å²) in [6.07, 6.45) is 14.2. The van der Waals surface area contributed by atoms with E-state index >= 15 is 0 Å². The minimum Gasteiger partial charge on any atom is -0.314 e. The van der Waals surface area contributed by atoms with Gasteiger partial charge < -0.3 is 5.32 Å². The standard InChI is InChI=1S/C16H22N4O/c21-16-13-10-17-20(12-7-3-4-8-12)15(13)18-14(19-16)9-11-5-1-2-6-11/h1,5,10-13,15H,2-4,6-9H2,(H,18,19,21). The molecule has 3 unspecified atom stereocenters. The fourth-order valence-corrected chi connectivity index (χ4v) is 3.92. The Morgan fingerprint density at radius 3 is 2.90 bits per heavy atom. The Kier molecular flexibility index (Phi) is 3.28. The van der Waals surface area contributed by atoms with Crippen molar-refractivity contribution in [2.45, 2.75) is 57.2 Å². The van der Waals surface area contributed by atoms with Crippen LogP contribution in [-0.2, 0) is 4.79 Å². The number of hydrazone groups is 1. The van der Waals surface area contributed by atoms with Crippen LogP contribution in [0, 0.1) is 11.8 Å². The van der Waals surface area contributed by atoms with Crippen LogP contribution in [-0.4, -0.2) is 35.2 Å². The number of aliphatic imine (C=N–C) groups is 1. The maximum atomic E-state index is 12.3. The van der Waals surface area contributed by atoms with Crippen molar-refractivity contribution in [3.8, 4) is 0 Å². The summed E-state index contributed by atoms with van der Waals surface area (Å²) in [5, 5.41) is 9.59. The van der Waals surface area contributed by atoms with Gasteiger partial charge in [-0.15, -0.1) is 0 Å². The quantitative estimate of drug-likeness (QED) is 0.807. The fourth-order valence-electron chi connectivity index (χ4n) is 3.92. The predicted molar refractivity (Wildman–Crippen MR) is 81.9 cm³/mol. The highest BCUT2D eigenvalue weighted by molar-refractivity contribution is 6.07. The summed E-state index contributed by atoms with van der Waals surface area (Å²) >= 11 is 0. The second-order valence-corrected chi connectivity index (χ2v) is 6.56. The monoisotopic (exact) mass is 286 g/mol. The van der Waals surface area contributed by atoms with E-state index in [9.17, 15) is 4.79 Å². The fraction of sp³-hybridized carbons (Fsp3) is 0.688. The first-order valence-electron chi connectivity index (χ1n) is 8.18. The van der Waals surface area contributed by atoms with Crippen LogP contribution in [0.15, 0.2) is 22.2 Å². The van der Waals surface area contributed by atoms with Gasteiger partial charge in [0.15, 0.2) is 6.17 Å². The van der Waals surface area contributed by atoms with Gasteiger partial charge in [0, 0.05) is 18.7 Å². The topological polar surface area (TPSA) is 57.1 Å². The van der Waals surface area contributed by atoms with E-state index in [0.29, 0.717) is 12.0 Å². The van der Waals surface area contributed by atoms with Gasteiger partial charge in [0.2, 0.25) is 5.91 Å². The van der Waals surface area contributed by atoms with Crippen LogP contribution in [0.2, 0.25) is 0 Å². The number of allylic oxidation sites excluding steroid dienone is 2. The summed E-state index contributed by atoms with van der Waals surface area (Å²) in [6, 6.07) is 0.471. The molecule has 5 heteroatoms. The number of rotatable bonds is 3. The van der Waals surface area contributed by atoms with E-state index in [1.165, 1.54) is 32.1 Å². The average molecular weight is 286 g/mol. The minimum absolute atomic E-state index is 0.0659. The van der Waals surface area contributed by atoms with E-state index in [0.717, 1.165) is 18.7 Å². The van der Waals surface area contributed by atoms with E-state index < -0.39 is 0 Å². The molecule has 0 aromatic rings. The Morgan fingerprint density at radius 1 is 1.29 bits per heavy atom. The highest BCUT2D eigenvalue weighted by Gasteiger charge is 2.42. The summed E-state index contributed by atoms with van der Waals surface area (Å²) in [5.41, 5.74) is 0. The summed E-state index contributed by atoms with van der Waals surface area (Å²) in [7, 11) is 0. The first-order valence-corrected chi connectivity index (χ1v) is 8.18. The lowest BCUT2D eigenvalue weighted by Gasteiger charge is -2.32. The number of hydrogen-bond donors (Lipinski definition) is 1. The molecule has 1 fully saturated rings. The van der Waals surface area contributed by atoms with Crippen LogP contribution >= 0.6 is 0 Å². The van der Waals surface area contributed by atoms with Gasteiger partial charge in [0.1, 0.15) is 11.8 Å². The van der Waals surface area contributed by atoms with E-state index in [1.54, 1.807) is 6.21 Å². The van der Waals surface area contributed by atoms with Gasteiger partial charge >= 0.3 is 0 Å². The number of amidine groups is 1. The van der Waals surface area contributed by atoms with Crippen molar-refractivity contribution in [2.24, 2.45) is 21.9 Å². The normalized spacial score (nSPS) is 35.2. The zero-order valence-corrected chi connectivity index (χ0v) is 12.2. The highest BCUT2D eigenvalue weighted by atomic mass is 16.2. The van der Waals surface area contributed by atoms with Gasteiger partial charge in [-0.2, -0.15) is 5.10 Å². The summed E-state index contributed by atoms with van der Waals surface area (Å²) in [4.78, 5) is 17.1. The lowest BCUT2D eigenvalue weighted by molar-refractivity contribution is -0.123. The molecule has 21 heavy (non-hydrogen) atoms. The number of nitrogens with one attached hydrogen (secondary N) is 1. The molecule has 0 radical (unpaired) electrons. The van der Waals surface area contributed by atoms with Crippen LogP contribution in [0.5, 0.6) is 0 Å². The van der Waals surface area contributed by atoms with Crippen molar-refractivity contribution in [1.82, 2.24) is 10.3 Å². The zero-order chi connectivity index (χ0) is 14.2. The minimum atomic E-state index is -0.200. The molecule has 2 aliphatic heterocycles. The van der Waals surface area contributed by atoms with Gasteiger partial charge in [0.05, 0.1) is 0 Å². The summed E-state index contributed by atoms with van der Waals surface area (Å²) in [5.74, 6) is 1.25. The van der Waals surface area contributed by atoms with E-state index in [4.69, 9.17) is 4.99 Å². The molecule has 4 rings (SSSR count). The molecule has 4 aliphatic rings. The number of nitrogens with zero attached hydrogens (tertiary/aromatic N) is 3. The maximum absolute atomic E-state index is 12.3. The van der Waals surface area contributed by atoms with Gasteiger partial charge in [-0.05, 0) is 31.6 Å². The molecule has 3 atom stereocenters. The number of carbonyl (C=O) groups excluding carboxylic acids is 1. The third-order valence-corrected chi connectivity index (χ3v) is 5.08. The first kappa shape index (κ1) is 13.0. The van der Waals surface area contributed by atoms with Crippen LogP contribution in [0.1, 0.15) is 44.9 Å². The molecular formula is C16H22N4O. The third-order valence-electron chi connectivity index (χ3n) is 5.08.